The zero-order chi connectivity index (χ0) is 22.7. The number of ether oxygens (including phenoxy) is 2. The molecule has 2 saturated heterocycles. The van der Waals surface area contributed by atoms with E-state index in [1.54, 1.807) is 4.90 Å². The van der Waals surface area contributed by atoms with E-state index in [0.29, 0.717) is 48.9 Å². The van der Waals surface area contributed by atoms with Crippen LogP contribution >= 0.6 is 11.6 Å². The predicted molar refractivity (Wildman–Crippen MR) is 126 cm³/mol. The third-order valence-corrected chi connectivity index (χ3v) is 6.24. The minimum Gasteiger partial charge on any atom is -0.493 e. The van der Waals surface area contributed by atoms with E-state index in [2.05, 4.69) is 18.7 Å². The van der Waals surface area contributed by atoms with E-state index in [-0.39, 0.29) is 5.91 Å². The minimum atomic E-state index is 0.104. The lowest BCUT2D eigenvalue weighted by molar-refractivity contribution is -0.121. The van der Waals surface area contributed by atoms with Gasteiger partial charge in [-0.15, -0.1) is 0 Å². The van der Waals surface area contributed by atoms with E-state index in [1.165, 1.54) is 0 Å². The summed E-state index contributed by atoms with van der Waals surface area (Å²) in [4.78, 5) is 16.8. The second-order valence-corrected chi connectivity index (χ2v) is 9.71. The molecule has 174 valence electrons. The number of piperazine rings is 1. The molecule has 1 aromatic heterocycles. The first-order valence-corrected chi connectivity index (χ1v) is 11.8. The molecular weight excluding hydrogens is 428 g/mol. The fourth-order valence-corrected chi connectivity index (χ4v) is 4.51. The van der Waals surface area contributed by atoms with Crippen molar-refractivity contribution in [2.45, 2.75) is 33.7 Å². The number of amides is 1. The van der Waals surface area contributed by atoms with Crippen molar-refractivity contribution in [1.82, 2.24) is 14.7 Å². The number of hydrogen-bond donors (Lipinski definition) is 0. The monoisotopic (exact) mass is 460 g/mol. The first kappa shape index (κ1) is 23.1. The maximum absolute atomic E-state index is 12.8. The average Bonchev–Trinajstić information content (AvgIpc) is 3.37. The van der Waals surface area contributed by atoms with Crippen molar-refractivity contribution in [3.8, 4) is 5.75 Å². The highest BCUT2D eigenvalue weighted by Gasteiger charge is 2.27. The van der Waals surface area contributed by atoms with Crippen molar-refractivity contribution in [1.29, 1.82) is 0 Å². The van der Waals surface area contributed by atoms with E-state index in [4.69, 9.17) is 26.2 Å². The summed E-state index contributed by atoms with van der Waals surface area (Å²) in [5.74, 6) is 2.61. The summed E-state index contributed by atoms with van der Waals surface area (Å²) in [6.07, 6.45) is 1.03. The summed E-state index contributed by atoms with van der Waals surface area (Å²) in [5, 5.41) is 5.42. The summed E-state index contributed by atoms with van der Waals surface area (Å²) in [7, 11) is 0. The van der Waals surface area contributed by atoms with Crippen molar-refractivity contribution in [3.05, 3.63) is 40.5 Å². The molecule has 1 atom stereocenters. The number of hydrogen-bond acceptors (Lipinski definition) is 5. The molecule has 0 radical (unpaired) electrons. The molecule has 0 spiro atoms. The number of rotatable bonds is 8. The van der Waals surface area contributed by atoms with Crippen LogP contribution in [-0.2, 0) is 16.1 Å². The molecule has 2 fully saturated rings. The van der Waals surface area contributed by atoms with Gasteiger partial charge >= 0.3 is 0 Å². The van der Waals surface area contributed by atoms with E-state index >= 15 is 0 Å². The van der Waals surface area contributed by atoms with Gasteiger partial charge in [-0.3, -0.25) is 19.3 Å². The summed E-state index contributed by atoms with van der Waals surface area (Å²) in [6, 6.07) is 7.68. The standard InChI is InChI=1S/C24H33ClN4O3/c1-17(2)12-27-7-8-28(24(30)14-27)23-10-18(3)29(26-23)13-20-11-21(25)4-5-22(20)32-16-19-6-9-31-15-19/h4-5,10-11,17,19H,6-9,12-16H2,1-3H3. The molecule has 2 aliphatic rings. The Morgan fingerprint density at radius 2 is 2.12 bits per heavy atom. The number of nitrogens with zero attached hydrogens (tertiary/aromatic N) is 4. The van der Waals surface area contributed by atoms with E-state index in [0.717, 1.165) is 49.7 Å². The van der Waals surface area contributed by atoms with Crippen LogP contribution in [-0.4, -0.2) is 66.6 Å². The molecule has 2 aromatic rings. The fraction of sp³-hybridized carbons (Fsp3) is 0.583. The normalized spacial score (nSPS) is 19.8. The van der Waals surface area contributed by atoms with Crippen LogP contribution in [0.1, 0.15) is 31.5 Å². The number of carbonyl (C=O) groups is 1. The fourth-order valence-electron chi connectivity index (χ4n) is 4.32. The van der Waals surface area contributed by atoms with Gasteiger partial charge in [0.25, 0.3) is 0 Å². The average molecular weight is 461 g/mol. The lowest BCUT2D eigenvalue weighted by Crippen LogP contribution is -2.51. The number of halogens is 1. The quantitative estimate of drug-likeness (QED) is 0.602. The largest absolute Gasteiger partial charge is 0.493 e. The molecule has 1 amide bonds. The van der Waals surface area contributed by atoms with Crippen LogP contribution in [0.3, 0.4) is 0 Å². The molecule has 0 bridgehead atoms. The van der Waals surface area contributed by atoms with E-state index in [1.807, 2.05) is 35.9 Å². The van der Waals surface area contributed by atoms with Crippen molar-refractivity contribution < 1.29 is 14.3 Å². The van der Waals surface area contributed by atoms with Gasteiger partial charge in [-0.25, -0.2) is 0 Å². The number of anilines is 1. The zero-order valence-corrected chi connectivity index (χ0v) is 20.0. The first-order valence-electron chi connectivity index (χ1n) is 11.4. The Balaban J connectivity index is 1.45. The molecule has 8 heteroatoms. The van der Waals surface area contributed by atoms with Gasteiger partial charge in [0.1, 0.15) is 5.75 Å². The van der Waals surface area contributed by atoms with Crippen LogP contribution in [0.5, 0.6) is 5.75 Å². The number of benzene rings is 1. The number of aromatic nitrogens is 2. The molecule has 3 heterocycles. The van der Waals surface area contributed by atoms with Crippen LogP contribution in [0.4, 0.5) is 5.82 Å². The molecule has 1 aromatic carbocycles. The summed E-state index contributed by atoms with van der Waals surface area (Å²) >= 11 is 6.28. The molecule has 4 rings (SSSR count). The van der Waals surface area contributed by atoms with Crippen molar-refractivity contribution in [2.24, 2.45) is 11.8 Å². The SMILES string of the molecule is Cc1cc(N2CCN(CC(C)C)CC2=O)nn1Cc1cc(Cl)ccc1OCC1CCOC1. The molecule has 0 saturated carbocycles. The van der Waals surface area contributed by atoms with Gasteiger partial charge in [-0.2, -0.15) is 5.10 Å². The van der Waals surface area contributed by atoms with E-state index in [9.17, 15) is 4.79 Å². The maximum atomic E-state index is 12.8. The Morgan fingerprint density at radius 1 is 1.28 bits per heavy atom. The highest BCUT2D eigenvalue weighted by atomic mass is 35.5. The third-order valence-electron chi connectivity index (χ3n) is 6.01. The predicted octanol–water partition coefficient (Wildman–Crippen LogP) is 3.61. The Morgan fingerprint density at radius 3 is 2.84 bits per heavy atom. The van der Waals surface area contributed by atoms with Gasteiger partial charge in [0.05, 0.1) is 26.3 Å². The van der Waals surface area contributed by atoms with Crippen molar-refractivity contribution in [2.75, 3.05) is 50.9 Å². The second kappa shape index (κ2) is 10.2. The summed E-state index contributed by atoms with van der Waals surface area (Å²) in [6.45, 7) is 12.0. The molecule has 0 N–H and O–H groups in total. The van der Waals surface area contributed by atoms with Gasteiger partial charge in [0.2, 0.25) is 5.91 Å². The van der Waals surface area contributed by atoms with Gasteiger partial charge in [0, 0.05) is 54.5 Å². The maximum Gasteiger partial charge on any atom is 0.242 e. The topological polar surface area (TPSA) is 59.8 Å². The van der Waals surface area contributed by atoms with Crippen LogP contribution in [0, 0.1) is 18.8 Å². The summed E-state index contributed by atoms with van der Waals surface area (Å²) < 4.78 is 13.5. The highest BCUT2D eigenvalue weighted by Crippen LogP contribution is 2.27. The van der Waals surface area contributed by atoms with Gasteiger partial charge in [-0.1, -0.05) is 25.4 Å². The Kier molecular flexibility index (Phi) is 7.38. The van der Waals surface area contributed by atoms with Crippen molar-refractivity contribution in [3.63, 3.8) is 0 Å². The molecule has 0 aliphatic carbocycles. The molecule has 32 heavy (non-hydrogen) atoms. The van der Waals surface area contributed by atoms with Gasteiger partial charge in [0.15, 0.2) is 5.82 Å². The number of carbonyl (C=O) groups excluding carboxylic acids is 1. The lowest BCUT2D eigenvalue weighted by atomic mass is 10.1. The van der Waals surface area contributed by atoms with Crippen LogP contribution in [0.25, 0.3) is 0 Å². The zero-order valence-electron chi connectivity index (χ0n) is 19.2. The van der Waals surface area contributed by atoms with Crippen molar-refractivity contribution >= 4 is 23.3 Å². The van der Waals surface area contributed by atoms with Crippen LogP contribution < -0.4 is 9.64 Å². The molecule has 7 nitrogen and oxygen atoms in total. The molecular formula is C24H33ClN4O3. The minimum absolute atomic E-state index is 0.104. The van der Waals surface area contributed by atoms with Crippen LogP contribution in [0.15, 0.2) is 24.3 Å². The Labute approximate surface area is 195 Å². The van der Waals surface area contributed by atoms with Gasteiger partial charge in [-0.05, 0) is 37.5 Å². The van der Waals surface area contributed by atoms with Gasteiger partial charge < -0.3 is 9.47 Å². The first-order chi connectivity index (χ1) is 15.4. The number of aryl methyl sites for hydroxylation is 1. The highest BCUT2D eigenvalue weighted by molar-refractivity contribution is 6.30. The third kappa shape index (κ3) is 5.63. The molecule has 1 unspecified atom stereocenters. The lowest BCUT2D eigenvalue weighted by Gasteiger charge is -2.33. The van der Waals surface area contributed by atoms with Crippen LogP contribution in [0.2, 0.25) is 5.02 Å². The Hall–Kier alpha value is -2.09. The molecule has 2 aliphatic heterocycles. The smallest absolute Gasteiger partial charge is 0.242 e. The Bertz CT molecular complexity index is 939. The van der Waals surface area contributed by atoms with E-state index < -0.39 is 0 Å². The second-order valence-electron chi connectivity index (χ2n) is 9.27. The summed E-state index contributed by atoms with van der Waals surface area (Å²) in [5.41, 5.74) is 1.97.